The molecule has 148 valence electrons. The average molecular weight is 367 g/mol. The van der Waals surface area contributed by atoms with Gasteiger partial charge in [0.15, 0.2) is 5.96 Å². The van der Waals surface area contributed by atoms with Gasteiger partial charge in [-0.05, 0) is 18.8 Å². The first-order valence-electron chi connectivity index (χ1n) is 9.60. The van der Waals surface area contributed by atoms with E-state index in [0.29, 0.717) is 18.5 Å². The van der Waals surface area contributed by atoms with Gasteiger partial charge in [-0.3, -0.25) is 14.5 Å². The van der Waals surface area contributed by atoms with Crippen LogP contribution in [0.3, 0.4) is 0 Å². The van der Waals surface area contributed by atoms with E-state index in [1.807, 2.05) is 0 Å². The van der Waals surface area contributed by atoms with Crippen LogP contribution in [0.15, 0.2) is 4.99 Å². The van der Waals surface area contributed by atoms with Crippen molar-refractivity contribution in [3.63, 3.8) is 0 Å². The first-order valence-corrected chi connectivity index (χ1v) is 9.60. The Hall–Kier alpha value is -1.83. The average Bonchev–Trinajstić information content (AvgIpc) is 3.39. The molecule has 0 atom stereocenters. The molecule has 8 nitrogen and oxygen atoms in total. The summed E-state index contributed by atoms with van der Waals surface area (Å²) in [6.07, 6.45) is 2.24. The van der Waals surface area contributed by atoms with Crippen LogP contribution in [-0.4, -0.2) is 98.4 Å². The van der Waals surface area contributed by atoms with E-state index in [9.17, 15) is 9.59 Å². The van der Waals surface area contributed by atoms with Crippen molar-refractivity contribution < 1.29 is 9.59 Å². The summed E-state index contributed by atoms with van der Waals surface area (Å²) in [4.78, 5) is 34.2. The summed E-state index contributed by atoms with van der Waals surface area (Å²) < 4.78 is 0. The number of aliphatic imine (C=N–C) groups is 1. The van der Waals surface area contributed by atoms with Gasteiger partial charge in [-0.15, -0.1) is 0 Å². The van der Waals surface area contributed by atoms with Crippen LogP contribution in [0.4, 0.5) is 0 Å². The second-order valence-corrected chi connectivity index (χ2v) is 7.81. The van der Waals surface area contributed by atoms with Gasteiger partial charge in [0.05, 0.1) is 6.54 Å². The van der Waals surface area contributed by atoms with Crippen molar-refractivity contribution in [3.05, 3.63) is 0 Å². The summed E-state index contributed by atoms with van der Waals surface area (Å²) in [5.74, 6) is 1.40. The van der Waals surface area contributed by atoms with Crippen LogP contribution in [0, 0.1) is 5.92 Å². The first-order chi connectivity index (χ1) is 12.3. The summed E-state index contributed by atoms with van der Waals surface area (Å²) in [7, 11) is 3.48. The van der Waals surface area contributed by atoms with E-state index in [2.05, 4.69) is 39.3 Å². The Kier molecular flexibility index (Phi) is 7.68. The molecule has 0 aromatic rings. The summed E-state index contributed by atoms with van der Waals surface area (Å²) in [5.41, 5.74) is 0. The van der Waals surface area contributed by atoms with Gasteiger partial charge in [0.1, 0.15) is 6.54 Å². The molecule has 1 aliphatic heterocycles. The van der Waals surface area contributed by atoms with Crippen molar-refractivity contribution in [2.45, 2.75) is 32.7 Å². The molecular weight excluding hydrogens is 332 g/mol. The van der Waals surface area contributed by atoms with E-state index < -0.39 is 0 Å². The molecule has 8 heteroatoms. The maximum atomic E-state index is 12.0. The SMILES string of the molecule is CC(C)CNC(=NCC(=O)N(C)C)N1CCN(CC(=O)NC2CC2)CC1. The molecule has 1 heterocycles. The number of carbonyl (C=O) groups excluding carboxylic acids is 2. The van der Waals surface area contributed by atoms with Crippen LogP contribution < -0.4 is 10.6 Å². The Balaban J connectivity index is 1.84. The van der Waals surface area contributed by atoms with Crippen LogP contribution in [0.25, 0.3) is 0 Å². The number of likely N-dealkylation sites (N-methyl/N-ethyl adjacent to an activating group) is 1. The number of nitrogens with zero attached hydrogens (tertiary/aromatic N) is 4. The van der Waals surface area contributed by atoms with E-state index in [-0.39, 0.29) is 18.4 Å². The van der Waals surface area contributed by atoms with Gasteiger partial charge in [0, 0.05) is 52.9 Å². The molecule has 2 aliphatic rings. The van der Waals surface area contributed by atoms with Gasteiger partial charge < -0.3 is 20.4 Å². The Morgan fingerprint density at radius 2 is 1.81 bits per heavy atom. The Bertz CT molecular complexity index is 508. The molecular formula is C18H34N6O2. The zero-order chi connectivity index (χ0) is 19.1. The maximum Gasteiger partial charge on any atom is 0.243 e. The fourth-order valence-corrected chi connectivity index (χ4v) is 2.67. The number of guanidine groups is 1. The lowest BCUT2D eigenvalue weighted by molar-refractivity contribution is -0.127. The van der Waals surface area contributed by atoms with Gasteiger partial charge in [-0.1, -0.05) is 13.8 Å². The number of nitrogens with one attached hydrogen (secondary N) is 2. The molecule has 2 fully saturated rings. The van der Waals surface area contributed by atoms with Gasteiger partial charge in [0.25, 0.3) is 0 Å². The number of piperazine rings is 1. The molecule has 2 amide bonds. The van der Waals surface area contributed by atoms with Crippen LogP contribution in [-0.2, 0) is 9.59 Å². The normalized spacial score (nSPS) is 18.8. The minimum atomic E-state index is -0.00997. The van der Waals surface area contributed by atoms with Crippen LogP contribution in [0.2, 0.25) is 0 Å². The number of rotatable bonds is 7. The third-order valence-electron chi connectivity index (χ3n) is 4.51. The molecule has 0 radical (unpaired) electrons. The van der Waals surface area contributed by atoms with E-state index in [1.165, 1.54) is 0 Å². The summed E-state index contributed by atoms with van der Waals surface area (Å²) >= 11 is 0. The molecule has 1 aliphatic carbocycles. The molecule has 0 bridgehead atoms. The quantitative estimate of drug-likeness (QED) is 0.472. The van der Waals surface area contributed by atoms with Crippen molar-refractivity contribution in [2.75, 3.05) is 59.9 Å². The van der Waals surface area contributed by atoms with Crippen LogP contribution in [0.1, 0.15) is 26.7 Å². The standard InChI is InChI=1S/C18H34N6O2/c1-14(2)11-19-18(20-12-17(26)22(3)4)24-9-7-23(8-10-24)13-16(25)21-15-5-6-15/h14-15H,5-13H2,1-4H3,(H,19,20)(H,21,25). The van der Waals surface area contributed by atoms with Gasteiger partial charge in [-0.25, -0.2) is 4.99 Å². The van der Waals surface area contributed by atoms with Crippen molar-refractivity contribution in [1.82, 2.24) is 25.3 Å². The second-order valence-electron chi connectivity index (χ2n) is 7.81. The Morgan fingerprint density at radius 1 is 1.15 bits per heavy atom. The predicted molar refractivity (Wildman–Crippen MR) is 103 cm³/mol. The monoisotopic (exact) mass is 366 g/mol. The smallest absolute Gasteiger partial charge is 0.243 e. The van der Waals surface area contributed by atoms with Crippen molar-refractivity contribution in [3.8, 4) is 0 Å². The van der Waals surface area contributed by atoms with E-state index >= 15 is 0 Å². The number of amides is 2. The Labute approximate surface area is 157 Å². The van der Waals surface area contributed by atoms with E-state index in [1.54, 1.807) is 19.0 Å². The highest BCUT2D eigenvalue weighted by atomic mass is 16.2. The van der Waals surface area contributed by atoms with Crippen LogP contribution in [0.5, 0.6) is 0 Å². The highest BCUT2D eigenvalue weighted by Gasteiger charge is 2.26. The molecule has 2 N–H and O–H groups in total. The molecule has 1 saturated carbocycles. The van der Waals surface area contributed by atoms with E-state index in [0.717, 1.165) is 51.5 Å². The van der Waals surface area contributed by atoms with Crippen LogP contribution >= 0.6 is 0 Å². The fraction of sp³-hybridized carbons (Fsp3) is 0.833. The lowest BCUT2D eigenvalue weighted by atomic mass is 10.2. The van der Waals surface area contributed by atoms with Gasteiger partial charge in [0.2, 0.25) is 11.8 Å². The largest absolute Gasteiger partial charge is 0.356 e. The van der Waals surface area contributed by atoms with E-state index in [4.69, 9.17) is 0 Å². The summed E-state index contributed by atoms with van der Waals surface area (Å²) in [6, 6.07) is 0.414. The Morgan fingerprint density at radius 3 is 2.35 bits per heavy atom. The number of hydrogen-bond acceptors (Lipinski definition) is 4. The topological polar surface area (TPSA) is 80.3 Å². The molecule has 0 spiro atoms. The number of hydrogen-bond donors (Lipinski definition) is 2. The van der Waals surface area contributed by atoms with Crippen molar-refractivity contribution >= 4 is 17.8 Å². The predicted octanol–water partition coefficient (Wildman–Crippen LogP) is -0.428. The summed E-state index contributed by atoms with van der Waals surface area (Å²) in [6.45, 7) is 8.97. The van der Waals surface area contributed by atoms with Gasteiger partial charge >= 0.3 is 0 Å². The molecule has 26 heavy (non-hydrogen) atoms. The fourth-order valence-electron chi connectivity index (χ4n) is 2.67. The minimum Gasteiger partial charge on any atom is -0.356 e. The second kappa shape index (κ2) is 9.75. The lowest BCUT2D eigenvalue weighted by Gasteiger charge is -2.36. The van der Waals surface area contributed by atoms with Crippen molar-refractivity contribution in [1.29, 1.82) is 0 Å². The molecule has 0 aromatic carbocycles. The first kappa shape index (κ1) is 20.5. The highest BCUT2D eigenvalue weighted by Crippen LogP contribution is 2.18. The molecule has 0 unspecified atom stereocenters. The molecule has 1 saturated heterocycles. The summed E-state index contributed by atoms with van der Waals surface area (Å²) in [5, 5.41) is 6.42. The zero-order valence-electron chi connectivity index (χ0n) is 16.6. The maximum absolute atomic E-state index is 12.0. The lowest BCUT2D eigenvalue weighted by Crippen LogP contribution is -2.54. The minimum absolute atomic E-state index is 0.00997. The molecule has 0 aromatic heterocycles. The third-order valence-corrected chi connectivity index (χ3v) is 4.51. The third kappa shape index (κ3) is 7.19. The zero-order valence-corrected chi connectivity index (χ0v) is 16.6. The van der Waals surface area contributed by atoms with Crippen molar-refractivity contribution in [2.24, 2.45) is 10.9 Å². The number of carbonyl (C=O) groups is 2. The molecule has 2 rings (SSSR count). The van der Waals surface area contributed by atoms with Gasteiger partial charge in [-0.2, -0.15) is 0 Å². The highest BCUT2D eigenvalue weighted by molar-refractivity contribution is 5.85.